The van der Waals surface area contributed by atoms with Gasteiger partial charge in [0.15, 0.2) is 0 Å². The van der Waals surface area contributed by atoms with E-state index < -0.39 is 0 Å². The summed E-state index contributed by atoms with van der Waals surface area (Å²) in [5.41, 5.74) is 2.98. The number of halogens is 1. The van der Waals surface area contributed by atoms with Crippen LogP contribution in [0.1, 0.15) is 11.1 Å². The number of carbonyl (C=O) groups is 1. The summed E-state index contributed by atoms with van der Waals surface area (Å²) in [5, 5.41) is 6.09. The van der Waals surface area contributed by atoms with Gasteiger partial charge in [0.1, 0.15) is 12.4 Å². The predicted octanol–water partition coefficient (Wildman–Crippen LogP) is 4.16. The number of aryl methyl sites for hydroxylation is 2. The minimum Gasteiger partial charge on any atom is -0.491 e. The summed E-state index contributed by atoms with van der Waals surface area (Å²) in [6.07, 6.45) is 0. The van der Waals surface area contributed by atoms with Gasteiger partial charge in [0, 0.05) is 10.7 Å². The Hall–Kier alpha value is -2.20. The molecule has 0 aliphatic rings. The van der Waals surface area contributed by atoms with Crippen molar-refractivity contribution in [3.05, 3.63) is 58.6 Å². The maximum atomic E-state index is 11.7. The van der Waals surface area contributed by atoms with Gasteiger partial charge in [-0.15, -0.1) is 0 Å². The normalized spacial score (nSPS) is 10.1. The van der Waals surface area contributed by atoms with Crippen LogP contribution in [0.2, 0.25) is 5.02 Å². The molecule has 22 heavy (non-hydrogen) atoms. The van der Waals surface area contributed by atoms with Gasteiger partial charge >= 0.3 is 6.03 Å². The lowest BCUT2D eigenvalue weighted by Crippen LogP contribution is -2.32. The van der Waals surface area contributed by atoms with Gasteiger partial charge in [0.25, 0.3) is 0 Å². The lowest BCUT2D eigenvalue weighted by atomic mass is 10.1. The molecule has 2 N–H and O–H groups in total. The Morgan fingerprint density at radius 3 is 2.55 bits per heavy atom. The highest BCUT2D eigenvalue weighted by Crippen LogP contribution is 2.18. The van der Waals surface area contributed by atoms with Crippen LogP contribution in [-0.4, -0.2) is 19.2 Å². The number of carbonyl (C=O) groups excluding carboxylic acids is 1. The van der Waals surface area contributed by atoms with Crippen molar-refractivity contribution in [1.29, 1.82) is 0 Å². The van der Waals surface area contributed by atoms with Crippen LogP contribution < -0.4 is 15.4 Å². The fourth-order valence-electron chi connectivity index (χ4n) is 2.00. The van der Waals surface area contributed by atoms with Crippen LogP contribution in [0.5, 0.6) is 5.75 Å². The fourth-order valence-corrected chi connectivity index (χ4v) is 2.12. The van der Waals surface area contributed by atoms with E-state index in [9.17, 15) is 4.79 Å². The maximum absolute atomic E-state index is 11.7. The molecule has 0 atom stereocenters. The van der Waals surface area contributed by atoms with E-state index in [0.717, 1.165) is 11.3 Å². The van der Waals surface area contributed by atoms with Crippen molar-refractivity contribution in [2.24, 2.45) is 0 Å². The van der Waals surface area contributed by atoms with Crippen LogP contribution in [0, 0.1) is 13.8 Å². The molecule has 0 bridgehead atoms. The summed E-state index contributed by atoms with van der Waals surface area (Å²) in [6.45, 7) is 4.88. The van der Waals surface area contributed by atoms with Gasteiger partial charge in [-0.05, 0) is 49.7 Å². The molecule has 2 aromatic rings. The lowest BCUT2D eigenvalue weighted by molar-refractivity contribution is 0.247. The molecule has 5 heteroatoms. The van der Waals surface area contributed by atoms with Crippen molar-refractivity contribution in [2.45, 2.75) is 13.8 Å². The average molecular weight is 319 g/mol. The molecule has 4 nitrogen and oxygen atoms in total. The molecular formula is C17H19ClN2O2. The second-order valence-corrected chi connectivity index (χ2v) is 5.44. The Bertz CT molecular complexity index is 642. The highest BCUT2D eigenvalue weighted by atomic mass is 35.5. The molecule has 0 heterocycles. The van der Waals surface area contributed by atoms with Crippen molar-refractivity contribution in [2.75, 3.05) is 18.5 Å². The Morgan fingerprint density at radius 2 is 1.86 bits per heavy atom. The third-order valence-electron chi connectivity index (χ3n) is 3.08. The first-order valence-electron chi connectivity index (χ1n) is 7.05. The van der Waals surface area contributed by atoms with E-state index in [2.05, 4.69) is 16.7 Å². The lowest BCUT2D eigenvalue weighted by Gasteiger charge is -2.11. The molecule has 0 aliphatic carbocycles. The molecule has 0 aromatic heterocycles. The Labute approximate surface area is 135 Å². The summed E-state index contributed by atoms with van der Waals surface area (Å²) in [5.74, 6) is 0.838. The van der Waals surface area contributed by atoms with Crippen LogP contribution in [0.15, 0.2) is 42.5 Å². The van der Waals surface area contributed by atoms with Crippen LogP contribution >= 0.6 is 11.6 Å². The molecule has 2 rings (SSSR count). The van der Waals surface area contributed by atoms with E-state index in [1.54, 1.807) is 24.3 Å². The van der Waals surface area contributed by atoms with E-state index >= 15 is 0 Å². The number of ether oxygens (including phenoxy) is 1. The van der Waals surface area contributed by atoms with Crippen LogP contribution in [0.4, 0.5) is 10.5 Å². The van der Waals surface area contributed by atoms with Crippen LogP contribution in [-0.2, 0) is 0 Å². The summed E-state index contributed by atoms with van der Waals surface area (Å²) in [4.78, 5) is 11.7. The number of urea groups is 1. The number of hydrogen-bond donors (Lipinski definition) is 2. The molecule has 0 aliphatic heterocycles. The molecule has 0 saturated carbocycles. The first kappa shape index (κ1) is 16.2. The molecule has 2 amide bonds. The Balaban J connectivity index is 1.72. The molecule has 2 aromatic carbocycles. The number of amides is 2. The quantitative estimate of drug-likeness (QED) is 0.813. The summed E-state index contributed by atoms with van der Waals surface area (Å²) in [6, 6.07) is 12.7. The first-order valence-corrected chi connectivity index (χ1v) is 7.43. The largest absolute Gasteiger partial charge is 0.491 e. The van der Waals surface area contributed by atoms with Gasteiger partial charge in [-0.1, -0.05) is 29.3 Å². The van der Waals surface area contributed by atoms with Crippen molar-refractivity contribution >= 4 is 23.3 Å². The molecule has 0 unspecified atom stereocenters. The number of anilines is 1. The van der Waals surface area contributed by atoms with E-state index in [1.807, 2.05) is 26.0 Å². The Morgan fingerprint density at radius 1 is 1.14 bits per heavy atom. The summed E-state index contributed by atoms with van der Waals surface area (Å²) in [7, 11) is 0. The smallest absolute Gasteiger partial charge is 0.319 e. The molecule has 0 spiro atoms. The summed E-state index contributed by atoms with van der Waals surface area (Å²) < 4.78 is 5.65. The van der Waals surface area contributed by atoms with E-state index in [-0.39, 0.29) is 6.03 Å². The van der Waals surface area contributed by atoms with E-state index in [4.69, 9.17) is 16.3 Å². The minimum atomic E-state index is -0.272. The zero-order valence-corrected chi connectivity index (χ0v) is 13.4. The van der Waals surface area contributed by atoms with Gasteiger partial charge in [-0.2, -0.15) is 0 Å². The van der Waals surface area contributed by atoms with Crippen LogP contribution in [0.25, 0.3) is 0 Å². The van der Waals surface area contributed by atoms with Crippen molar-refractivity contribution < 1.29 is 9.53 Å². The van der Waals surface area contributed by atoms with E-state index in [1.165, 1.54) is 5.56 Å². The zero-order chi connectivity index (χ0) is 15.9. The predicted molar refractivity (Wildman–Crippen MR) is 89.9 cm³/mol. The topological polar surface area (TPSA) is 50.4 Å². The third-order valence-corrected chi connectivity index (χ3v) is 3.33. The van der Waals surface area contributed by atoms with Gasteiger partial charge in [-0.25, -0.2) is 4.79 Å². The molecule has 116 valence electrons. The second kappa shape index (κ2) is 7.71. The van der Waals surface area contributed by atoms with Gasteiger partial charge in [0.05, 0.1) is 6.54 Å². The number of nitrogens with one attached hydrogen (secondary N) is 2. The average Bonchev–Trinajstić information content (AvgIpc) is 2.48. The SMILES string of the molecule is Cc1ccc(OCCNC(=O)Nc2ccc(Cl)cc2)c(C)c1. The van der Waals surface area contributed by atoms with Gasteiger partial charge in [-0.3, -0.25) is 0 Å². The molecular weight excluding hydrogens is 300 g/mol. The summed E-state index contributed by atoms with van der Waals surface area (Å²) >= 11 is 5.79. The number of benzene rings is 2. The van der Waals surface area contributed by atoms with Crippen molar-refractivity contribution in [3.8, 4) is 5.75 Å². The number of hydrogen-bond acceptors (Lipinski definition) is 2. The van der Waals surface area contributed by atoms with Crippen molar-refractivity contribution in [1.82, 2.24) is 5.32 Å². The molecule has 0 saturated heterocycles. The minimum absolute atomic E-state index is 0.272. The van der Waals surface area contributed by atoms with E-state index in [0.29, 0.717) is 23.9 Å². The maximum Gasteiger partial charge on any atom is 0.319 e. The highest BCUT2D eigenvalue weighted by Gasteiger charge is 2.02. The third kappa shape index (κ3) is 4.97. The standard InChI is InChI=1S/C17H19ClN2O2/c1-12-3-8-16(13(2)11-12)22-10-9-19-17(21)20-15-6-4-14(18)5-7-15/h3-8,11H,9-10H2,1-2H3,(H2,19,20,21). The Kier molecular flexibility index (Phi) is 5.67. The molecule has 0 radical (unpaired) electrons. The van der Waals surface area contributed by atoms with Crippen LogP contribution in [0.3, 0.4) is 0 Å². The van der Waals surface area contributed by atoms with Gasteiger partial charge in [0.2, 0.25) is 0 Å². The molecule has 0 fully saturated rings. The number of rotatable bonds is 5. The fraction of sp³-hybridized carbons (Fsp3) is 0.235. The van der Waals surface area contributed by atoms with Gasteiger partial charge < -0.3 is 15.4 Å². The van der Waals surface area contributed by atoms with Crippen molar-refractivity contribution in [3.63, 3.8) is 0 Å². The monoisotopic (exact) mass is 318 g/mol. The first-order chi connectivity index (χ1) is 10.5. The zero-order valence-electron chi connectivity index (χ0n) is 12.7. The second-order valence-electron chi connectivity index (χ2n) is 5.01. The highest BCUT2D eigenvalue weighted by molar-refractivity contribution is 6.30.